The quantitative estimate of drug-likeness (QED) is 0.523. The Labute approximate surface area is 143 Å². The normalized spacial score (nSPS) is 12.3. The molecule has 1 atom stereocenters. The van der Waals surface area contributed by atoms with Gasteiger partial charge in [0, 0.05) is 19.5 Å². The molecule has 0 amide bonds. The summed E-state index contributed by atoms with van der Waals surface area (Å²) >= 11 is 16.7. The molecule has 2 aromatic rings. The largest absolute Gasteiger partial charge is 0.377 e. The van der Waals surface area contributed by atoms with Crippen LogP contribution < -0.4 is 5.32 Å². The average Bonchev–Trinajstić information content (AvgIpc) is 2.32. The molecular weight excluding hydrogens is 457 g/mol. The average molecular weight is 468 g/mol. The Balaban J connectivity index is 2.23. The fourth-order valence-electron chi connectivity index (χ4n) is 1.77. The Kier molecular flexibility index (Phi) is 5.35. The van der Waals surface area contributed by atoms with Crippen molar-refractivity contribution in [2.45, 2.75) is 13.0 Å². The van der Waals surface area contributed by atoms with Crippen molar-refractivity contribution >= 4 is 65.1 Å². The molecule has 0 bridgehead atoms. The second-order valence-corrected chi connectivity index (χ2v) is 7.25. The van der Waals surface area contributed by atoms with Crippen molar-refractivity contribution in [2.75, 3.05) is 5.32 Å². The summed E-state index contributed by atoms with van der Waals surface area (Å²) < 4.78 is 3.09. The predicted octanol–water partition coefficient (Wildman–Crippen LogP) is 6.80. The molecule has 2 aromatic carbocycles. The van der Waals surface area contributed by atoms with Crippen LogP contribution in [-0.2, 0) is 0 Å². The van der Waals surface area contributed by atoms with Crippen LogP contribution in [0.5, 0.6) is 0 Å². The van der Waals surface area contributed by atoms with Crippen molar-refractivity contribution in [3.05, 3.63) is 60.4 Å². The highest BCUT2D eigenvalue weighted by Crippen LogP contribution is 2.32. The first-order valence-corrected chi connectivity index (χ1v) is 8.39. The zero-order valence-corrected chi connectivity index (χ0v) is 15.6. The number of anilines is 1. The summed E-state index contributed by atoms with van der Waals surface area (Å²) in [4.78, 5) is 0. The Hall–Kier alpha value is -0.0300. The molecule has 1 nitrogen and oxygen atoms in total. The van der Waals surface area contributed by atoms with E-state index in [2.05, 4.69) is 66.1 Å². The molecule has 0 saturated carbocycles. The summed E-state index contributed by atoms with van der Waals surface area (Å²) in [6.45, 7) is 2.10. The molecule has 0 aromatic heterocycles. The zero-order valence-electron chi connectivity index (χ0n) is 10.1. The van der Waals surface area contributed by atoms with Crippen molar-refractivity contribution < 1.29 is 0 Å². The maximum Gasteiger partial charge on any atom is 0.0648 e. The second kappa shape index (κ2) is 6.61. The standard InChI is InChI=1S/C14H11Br3ClN/c1-8(11-4-2-9(15)6-12(11)17)19-14-5-3-10(16)7-13(14)18/h2-8,19H,1H3. The topological polar surface area (TPSA) is 12.0 Å². The van der Waals surface area contributed by atoms with E-state index >= 15 is 0 Å². The highest BCUT2D eigenvalue weighted by molar-refractivity contribution is 9.11. The van der Waals surface area contributed by atoms with Gasteiger partial charge in [-0.2, -0.15) is 0 Å². The van der Waals surface area contributed by atoms with Gasteiger partial charge in [0.25, 0.3) is 0 Å². The summed E-state index contributed by atoms with van der Waals surface area (Å²) in [5, 5.41) is 4.12. The van der Waals surface area contributed by atoms with E-state index in [0.717, 1.165) is 19.1 Å². The smallest absolute Gasteiger partial charge is 0.0648 e. The van der Waals surface area contributed by atoms with Gasteiger partial charge in [-0.15, -0.1) is 0 Å². The van der Waals surface area contributed by atoms with Gasteiger partial charge in [0.15, 0.2) is 0 Å². The second-order valence-electron chi connectivity index (χ2n) is 4.16. The number of halogens is 4. The summed E-state index contributed by atoms with van der Waals surface area (Å²) in [6, 6.07) is 12.1. The molecule has 0 fully saturated rings. The Morgan fingerprint density at radius 1 is 1.00 bits per heavy atom. The van der Waals surface area contributed by atoms with Gasteiger partial charge in [0.05, 0.1) is 10.7 Å². The maximum atomic E-state index is 6.21. The number of hydrogen-bond acceptors (Lipinski definition) is 1. The zero-order chi connectivity index (χ0) is 14.0. The Morgan fingerprint density at radius 3 is 2.26 bits per heavy atom. The lowest BCUT2D eigenvalue weighted by atomic mass is 10.1. The molecule has 0 aliphatic heterocycles. The van der Waals surface area contributed by atoms with Crippen LogP contribution in [0.3, 0.4) is 0 Å². The number of nitrogens with one attached hydrogen (secondary N) is 1. The van der Waals surface area contributed by atoms with Gasteiger partial charge in [-0.25, -0.2) is 0 Å². The minimum Gasteiger partial charge on any atom is -0.377 e. The fraction of sp³-hybridized carbons (Fsp3) is 0.143. The lowest BCUT2D eigenvalue weighted by Crippen LogP contribution is -2.07. The van der Waals surface area contributed by atoms with Crippen LogP contribution in [0, 0.1) is 0 Å². The molecular formula is C14H11Br3ClN. The van der Waals surface area contributed by atoms with E-state index in [9.17, 15) is 0 Å². The van der Waals surface area contributed by atoms with E-state index in [-0.39, 0.29) is 6.04 Å². The summed E-state index contributed by atoms with van der Waals surface area (Å²) in [7, 11) is 0. The van der Waals surface area contributed by atoms with Gasteiger partial charge in [-0.3, -0.25) is 0 Å². The van der Waals surface area contributed by atoms with Gasteiger partial charge < -0.3 is 5.32 Å². The van der Waals surface area contributed by atoms with Crippen molar-refractivity contribution in [3.8, 4) is 0 Å². The van der Waals surface area contributed by atoms with E-state index in [0.29, 0.717) is 5.02 Å². The predicted molar refractivity (Wildman–Crippen MR) is 93.0 cm³/mol. The van der Waals surface area contributed by atoms with Crippen LogP contribution in [0.1, 0.15) is 18.5 Å². The van der Waals surface area contributed by atoms with Crippen molar-refractivity contribution in [1.29, 1.82) is 0 Å². The van der Waals surface area contributed by atoms with E-state index in [1.165, 1.54) is 5.56 Å². The molecule has 100 valence electrons. The van der Waals surface area contributed by atoms with Crippen molar-refractivity contribution in [1.82, 2.24) is 0 Å². The van der Waals surface area contributed by atoms with Gasteiger partial charge >= 0.3 is 0 Å². The third-order valence-corrected chi connectivity index (χ3v) is 4.72. The number of benzene rings is 2. The molecule has 0 saturated heterocycles. The molecule has 0 aliphatic carbocycles. The molecule has 0 heterocycles. The first-order valence-electron chi connectivity index (χ1n) is 5.64. The first-order chi connectivity index (χ1) is 8.97. The van der Waals surface area contributed by atoms with Crippen LogP contribution in [-0.4, -0.2) is 0 Å². The molecule has 1 unspecified atom stereocenters. The van der Waals surface area contributed by atoms with Crippen LogP contribution >= 0.6 is 59.4 Å². The van der Waals surface area contributed by atoms with Gasteiger partial charge in [0.2, 0.25) is 0 Å². The van der Waals surface area contributed by atoms with Crippen LogP contribution in [0.25, 0.3) is 0 Å². The third-order valence-electron chi connectivity index (χ3n) is 2.73. The Bertz CT molecular complexity index is 601. The summed E-state index contributed by atoms with van der Waals surface area (Å²) in [5.74, 6) is 0. The molecule has 1 N–H and O–H groups in total. The van der Waals surface area contributed by atoms with Crippen LogP contribution in [0.15, 0.2) is 49.8 Å². The SMILES string of the molecule is CC(Nc1ccc(Br)cc1Cl)c1ccc(Br)cc1Br. The molecule has 5 heteroatoms. The lowest BCUT2D eigenvalue weighted by Gasteiger charge is -2.18. The third kappa shape index (κ3) is 3.97. The summed E-state index contributed by atoms with van der Waals surface area (Å²) in [6.07, 6.45) is 0. The lowest BCUT2D eigenvalue weighted by molar-refractivity contribution is 0.878. The van der Waals surface area contributed by atoms with E-state index in [1.54, 1.807) is 0 Å². The van der Waals surface area contributed by atoms with Gasteiger partial charge in [-0.1, -0.05) is 65.5 Å². The van der Waals surface area contributed by atoms with Gasteiger partial charge in [-0.05, 0) is 42.8 Å². The maximum absolute atomic E-state index is 6.21. The molecule has 0 radical (unpaired) electrons. The van der Waals surface area contributed by atoms with Gasteiger partial charge in [0.1, 0.15) is 0 Å². The summed E-state index contributed by atoms with van der Waals surface area (Å²) in [5.41, 5.74) is 2.11. The molecule has 2 rings (SSSR count). The number of hydrogen-bond donors (Lipinski definition) is 1. The van der Waals surface area contributed by atoms with Crippen LogP contribution in [0.2, 0.25) is 5.02 Å². The van der Waals surface area contributed by atoms with E-state index in [4.69, 9.17) is 11.6 Å². The minimum atomic E-state index is 0.154. The minimum absolute atomic E-state index is 0.154. The highest BCUT2D eigenvalue weighted by atomic mass is 79.9. The first kappa shape index (κ1) is 15.4. The van der Waals surface area contributed by atoms with E-state index in [1.807, 2.05) is 30.3 Å². The fourth-order valence-corrected chi connectivity index (χ4v) is 3.89. The number of rotatable bonds is 3. The highest BCUT2D eigenvalue weighted by Gasteiger charge is 2.11. The molecule has 0 aliphatic rings. The van der Waals surface area contributed by atoms with Crippen LogP contribution in [0.4, 0.5) is 5.69 Å². The van der Waals surface area contributed by atoms with Crippen molar-refractivity contribution in [2.24, 2.45) is 0 Å². The molecule has 0 spiro atoms. The Morgan fingerprint density at radius 2 is 1.63 bits per heavy atom. The monoisotopic (exact) mass is 465 g/mol. The molecule has 19 heavy (non-hydrogen) atoms. The van der Waals surface area contributed by atoms with E-state index < -0.39 is 0 Å². The van der Waals surface area contributed by atoms with Crippen molar-refractivity contribution in [3.63, 3.8) is 0 Å².